The number of pyridine rings is 1. The van der Waals surface area contributed by atoms with E-state index in [1.165, 1.54) is 5.69 Å². The molecule has 4 rings (SSSR count). The number of aromatic nitrogens is 3. The monoisotopic (exact) mass is 354 g/mol. The lowest BCUT2D eigenvalue weighted by Gasteiger charge is -2.35. The summed E-state index contributed by atoms with van der Waals surface area (Å²) < 4.78 is 5.39. The van der Waals surface area contributed by atoms with Crippen LogP contribution in [0.2, 0.25) is 0 Å². The molecule has 2 saturated heterocycles. The number of anilines is 2. The topological polar surface area (TPSA) is 57.6 Å². The third-order valence-corrected chi connectivity index (χ3v) is 5.08. The number of piperazine rings is 1. The van der Waals surface area contributed by atoms with Crippen molar-refractivity contribution in [1.29, 1.82) is 0 Å². The van der Waals surface area contributed by atoms with Gasteiger partial charge < -0.3 is 14.5 Å². The third-order valence-electron chi connectivity index (χ3n) is 5.08. The second kappa shape index (κ2) is 8.42. The maximum Gasteiger partial charge on any atom is 0.151 e. The van der Waals surface area contributed by atoms with Crippen molar-refractivity contribution in [3.63, 3.8) is 0 Å². The lowest BCUT2D eigenvalue weighted by molar-refractivity contribution is 0.122. The van der Waals surface area contributed by atoms with Gasteiger partial charge in [-0.2, -0.15) is 0 Å². The van der Waals surface area contributed by atoms with Crippen molar-refractivity contribution in [2.24, 2.45) is 0 Å². The van der Waals surface area contributed by atoms with E-state index in [2.05, 4.69) is 54.1 Å². The summed E-state index contributed by atoms with van der Waals surface area (Å²) in [4.78, 5) is 11.5. The first-order valence-electron chi connectivity index (χ1n) is 9.42. The van der Waals surface area contributed by atoms with Crippen LogP contribution in [0.4, 0.5) is 11.6 Å². The summed E-state index contributed by atoms with van der Waals surface area (Å²) in [5, 5.41) is 8.89. The van der Waals surface area contributed by atoms with Gasteiger partial charge >= 0.3 is 0 Å². The van der Waals surface area contributed by atoms with Crippen molar-refractivity contribution in [3.8, 4) is 0 Å². The van der Waals surface area contributed by atoms with Crippen molar-refractivity contribution >= 4 is 11.6 Å². The molecule has 0 aromatic carbocycles. The highest BCUT2D eigenvalue weighted by Crippen LogP contribution is 2.17. The van der Waals surface area contributed by atoms with E-state index >= 15 is 0 Å². The van der Waals surface area contributed by atoms with E-state index < -0.39 is 0 Å². The maximum absolute atomic E-state index is 5.39. The second-order valence-electron chi connectivity index (χ2n) is 6.75. The van der Waals surface area contributed by atoms with Crippen molar-refractivity contribution in [3.05, 3.63) is 42.2 Å². The Kier molecular flexibility index (Phi) is 5.56. The standard InChI is InChI=1S/C19H26N6O/c1-2-7-20-17(3-1)6-8-23-9-11-24(12-10-23)18-4-5-19(22-21-18)25-13-15-26-16-14-25/h1-5,7H,6,8-16H2. The SMILES string of the molecule is c1ccc(CCN2CCN(c3ccc(N4CCOCC4)nn3)CC2)nc1. The van der Waals surface area contributed by atoms with Crippen LogP contribution < -0.4 is 9.80 Å². The molecule has 2 aromatic heterocycles. The molecule has 0 atom stereocenters. The molecule has 7 nitrogen and oxygen atoms in total. The minimum Gasteiger partial charge on any atom is -0.378 e. The molecule has 0 N–H and O–H groups in total. The van der Waals surface area contributed by atoms with Crippen LogP contribution in [-0.2, 0) is 11.2 Å². The highest BCUT2D eigenvalue weighted by molar-refractivity contribution is 5.45. The van der Waals surface area contributed by atoms with E-state index in [9.17, 15) is 0 Å². The minimum absolute atomic E-state index is 0.768. The molecular formula is C19H26N6O. The summed E-state index contributed by atoms with van der Waals surface area (Å²) in [7, 11) is 0. The molecule has 0 saturated carbocycles. The maximum atomic E-state index is 5.39. The largest absolute Gasteiger partial charge is 0.378 e. The van der Waals surface area contributed by atoms with E-state index in [4.69, 9.17) is 4.74 Å². The Balaban J connectivity index is 1.26. The Hall–Kier alpha value is -2.25. The van der Waals surface area contributed by atoms with E-state index in [1.807, 2.05) is 12.3 Å². The van der Waals surface area contributed by atoms with Crippen molar-refractivity contribution in [1.82, 2.24) is 20.1 Å². The summed E-state index contributed by atoms with van der Waals surface area (Å²) >= 11 is 0. The van der Waals surface area contributed by atoms with Crippen LogP contribution in [0, 0.1) is 0 Å². The second-order valence-corrected chi connectivity index (χ2v) is 6.75. The fourth-order valence-electron chi connectivity index (χ4n) is 3.47. The molecule has 138 valence electrons. The Labute approximate surface area is 154 Å². The highest BCUT2D eigenvalue weighted by atomic mass is 16.5. The molecule has 0 bridgehead atoms. The molecule has 2 aliphatic rings. The molecule has 0 unspecified atom stereocenters. The van der Waals surface area contributed by atoms with Crippen LogP contribution in [0.5, 0.6) is 0 Å². The van der Waals surface area contributed by atoms with Crippen LogP contribution >= 0.6 is 0 Å². The Morgan fingerprint density at radius 3 is 2.12 bits per heavy atom. The van der Waals surface area contributed by atoms with Gasteiger partial charge in [0.05, 0.1) is 13.2 Å². The van der Waals surface area contributed by atoms with Crippen LogP contribution in [0.25, 0.3) is 0 Å². The third kappa shape index (κ3) is 4.28. The predicted molar refractivity (Wildman–Crippen MR) is 102 cm³/mol. The number of hydrogen-bond donors (Lipinski definition) is 0. The Morgan fingerprint density at radius 1 is 0.808 bits per heavy atom. The molecular weight excluding hydrogens is 328 g/mol. The van der Waals surface area contributed by atoms with Gasteiger partial charge in [0, 0.05) is 64.1 Å². The summed E-state index contributed by atoms with van der Waals surface area (Å²) in [6, 6.07) is 10.3. The predicted octanol–water partition coefficient (Wildman–Crippen LogP) is 1.07. The zero-order valence-electron chi connectivity index (χ0n) is 15.1. The summed E-state index contributed by atoms with van der Waals surface area (Å²) in [5.74, 6) is 1.93. The average molecular weight is 354 g/mol. The van der Waals surface area contributed by atoms with Crippen LogP contribution in [0.3, 0.4) is 0 Å². The zero-order chi connectivity index (χ0) is 17.6. The Morgan fingerprint density at radius 2 is 1.50 bits per heavy atom. The molecule has 2 aromatic rings. The van der Waals surface area contributed by atoms with Gasteiger partial charge in [0.2, 0.25) is 0 Å². The number of ether oxygens (including phenoxy) is 1. The molecule has 0 amide bonds. The number of morpholine rings is 1. The van der Waals surface area contributed by atoms with Crippen LogP contribution in [0.1, 0.15) is 5.69 Å². The first kappa shape index (κ1) is 17.2. The summed E-state index contributed by atoms with van der Waals surface area (Å²) in [6.07, 6.45) is 2.88. The molecule has 26 heavy (non-hydrogen) atoms. The van der Waals surface area contributed by atoms with E-state index in [0.29, 0.717) is 0 Å². The minimum atomic E-state index is 0.768. The fraction of sp³-hybridized carbons (Fsp3) is 0.526. The van der Waals surface area contributed by atoms with Crippen molar-refractivity contribution < 1.29 is 4.74 Å². The zero-order valence-corrected chi connectivity index (χ0v) is 15.1. The van der Waals surface area contributed by atoms with E-state index in [1.54, 1.807) is 0 Å². The molecule has 4 heterocycles. The molecule has 0 spiro atoms. The molecule has 2 fully saturated rings. The molecule has 7 heteroatoms. The van der Waals surface area contributed by atoms with E-state index in [-0.39, 0.29) is 0 Å². The van der Waals surface area contributed by atoms with Gasteiger partial charge in [-0.05, 0) is 24.3 Å². The van der Waals surface area contributed by atoms with Gasteiger partial charge in [0.15, 0.2) is 11.6 Å². The van der Waals surface area contributed by atoms with Gasteiger partial charge in [-0.25, -0.2) is 0 Å². The van der Waals surface area contributed by atoms with E-state index in [0.717, 1.165) is 77.1 Å². The molecule has 2 aliphatic heterocycles. The normalized spacial score (nSPS) is 18.9. The van der Waals surface area contributed by atoms with Gasteiger partial charge in [-0.3, -0.25) is 9.88 Å². The fourth-order valence-corrected chi connectivity index (χ4v) is 3.47. The summed E-state index contributed by atoms with van der Waals surface area (Å²) in [5.41, 5.74) is 1.17. The van der Waals surface area contributed by atoms with Crippen molar-refractivity contribution in [2.75, 3.05) is 68.8 Å². The Bertz CT molecular complexity index is 666. The van der Waals surface area contributed by atoms with Crippen LogP contribution in [0.15, 0.2) is 36.5 Å². The first-order valence-corrected chi connectivity index (χ1v) is 9.42. The summed E-state index contributed by atoms with van der Waals surface area (Å²) in [6.45, 7) is 8.48. The van der Waals surface area contributed by atoms with Gasteiger partial charge in [-0.1, -0.05) is 6.07 Å². The lowest BCUT2D eigenvalue weighted by Crippen LogP contribution is -2.47. The highest BCUT2D eigenvalue weighted by Gasteiger charge is 2.19. The number of hydrogen-bond acceptors (Lipinski definition) is 7. The quantitative estimate of drug-likeness (QED) is 0.796. The molecule has 0 radical (unpaired) electrons. The van der Waals surface area contributed by atoms with Gasteiger partial charge in [0.1, 0.15) is 0 Å². The number of rotatable bonds is 5. The molecule has 0 aliphatic carbocycles. The average Bonchev–Trinajstić information content (AvgIpc) is 2.74. The van der Waals surface area contributed by atoms with Crippen LogP contribution in [-0.4, -0.2) is 79.1 Å². The smallest absolute Gasteiger partial charge is 0.151 e. The van der Waals surface area contributed by atoms with Gasteiger partial charge in [-0.15, -0.1) is 10.2 Å². The van der Waals surface area contributed by atoms with Crippen molar-refractivity contribution in [2.45, 2.75) is 6.42 Å². The van der Waals surface area contributed by atoms with Gasteiger partial charge in [0.25, 0.3) is 0 Å². The first-order chi connectivity index (χ1) is 12.9. The number of nitrogens with zero attached hydrogens (tertiary/aromatic N) is 6. The lowest BCUT2D eigenvalue weighted by atomic mass is 10.2.